The van der Waals surface area contributed by atoms with E-state index in [1.165, 1.54) is 14.2 Å². The molecule has 0 saturated carbocycles. The molecule has 4 aromatic carbocycles. The molecule has 0 aliphatic carbocycles. The highest BCUT2D eigenvalue weighted by Crippen LogP contribution is 2.38. The van der Waals surface area contributed by atoms with E-state index in [9.17, 15) is 19.2 Å². The molecule has 7 aromatic rings. The molecule has 0 bridgehead atoms. The van der Waals surface area contributed by atoms with Gasteiger partial charge in [0, 0.05) is 61.5 Å². The minimum absolute atomic E-state index is 0.0434. The Balaban J connectivity index is 0.000000189. The number of carbonyl (C=O) groups is 4. The van der Waals surface area contributed by atoms with Crippen molar-refractivity contribution in [1.29, 1.82) is 0 Å². The molecule has 68 heavy (non-hydrogen) atoms. The number of hydrogen-bond donors (Lipinski definition) is 2. The number of carbonyl (C=O) groups excluding carboxylic acids is 4. The Kier molecular flexibility index (Phi) is 14.8. The highest BCUT2D eigenvalue weighted by molar-refractivity contribution is 6.04. The van der Waals surface area contributed by atoms with E-state index in [4.69, 9.17) is 15.2 Å². The van der Waals surface area contributed by atoms with E-state index in [1.54, 1.807) is 40.8 Å². The lowest BCUT2D eigenvalue weighted by Gasteiger charge is -2.28. The fourth-order valence-corrected chi connectivity index (χ4v) is 8.90. The van der Waals surface area contributed by atoms with E-state index in [-0.39, 0.29) is 17.9 Å². The standard InChI is InChI=1S/C31H30N4O3.C24H23N3O3/c1-21(27-10-6-7-14-33-27)34-28(18-22-8-4-3-5-9-22)30(36)35-17-13-25-26(31(37)38-2)19-24(20-29(25)35)23-11-15-32-16-12-23;1-30-24(29)20-14-18(17-7-10-26-11-8-17)15-22-19(20)9-12-27(22)23(28)21(25)13-16-5-3-2-4-6-16/h3-12,14-16,19-21,28,34H,13,17-18H2,1-2H3;2-8,10-11,14-15,21H,9,12-13,25H2,1H3/t21-,28-;21-/m00/s1. The van der Waals surface area contributed by atoms with Crippen molar-refractivity contribution in [2.45, 2.75) is 50.7 Å². The van der Waals surface area contributed by atoms with Gasteiger partial charge in [0.25, 0.3) is 0 Å². The summed E-state index contributed by atoms with van der Waals surface area (Å²) in [6.45, 7) is 2.99. The van der Waals surface area contributed by atoms with Crippen LogP contribution in [-0.2, 0) is 44.7 Å². The van der Waals surface area contributed by atoms with Gasteiger partial charge in [-0.05, 0) is 138 Å². The molecule has 0 fully saturated rings. The Morgan fingerprint density at radius 1 is 0.588 bits per heavy atom. The Morgan fingerprint density at radius 3 is 1.53 bits per heavy atom. The summed E-state index contributed by atoms with van der Waals surface area (Å²) in [7, 11) is 2.74. The number of benzene rings is 4. The third kappa shape index (κ3) is 10.5. The topological polar surface area (TPSA) is 170 Å². The lowest BCUT2D eigenvalue weighted by molar-refractivity contribution is -0.121. The van der Waals surface area contributed by atoms with Crippen LogP contribution in [0.4, 0.5) is 11.4 Å². The molecule has 344 valence electrons. The maximum Gasteiger partial charge on any atom is 0.338 e. The van der Waals surface area contributed by atoms with Crippen LogP contribution < -0.4 is 20.9 Å². The van der Waals surface area contributed by atoms with Crippen LogP contribution in [0.25, 0.3) is 22.3 Å². The summed E-state index contributed by atoms with van der Waals surface area (Å²) in [4.78, 5) is 68.7. The number of nitrogens with zero attached hydrogens (tertiary/aromatic N) is 5. The predicted molar refractivity (Wildman–Crippen MR) is 262 cm³/mol. The Morgan fingerprint density at radius 2 is 1.06 bits per heavy atom. The SMILES string of the molecule is COC(=O)c1cc(-c2ccncc2)cc2c1CCN2C(=O)[C@@H](N)Cc1ccccc1.COC(=O)c1cc(-c2ccncc2)cc2c1CCN2C(=O)[C@H](Cc1ccccc1)N[C@@H](C)c1ccccn1. The van der Waals surface area contributed by atoms with Crippen LogP contribution in [0.5, 0.6) is 0 Å². The third-order valence-electron chi connectivity index (χ3n) is 12.4. The van der Waals surface area contributed by atoms with Crippen molar-refractivity contribution in [2.24, 2.45) is 5.73 Å². The van der Waals surface area contributed by atoms with Crippen molar-refractivity contribution in [3.63, 3.8) is 0 Å². The average Bonchev–Trinajstić information content (AvgIpc) is 4.03. The number of ether oxygens (including phenoxy) is 2. The number of hydrogen-bond acceptors (Lipinski definition) is 11. The summed E-state index contributed by atoms with van der Waals surface area (Å²) in [5.41, 5.74) is 16.8. The number of methoxy groups -OCH3 is 2. The van der Waals surface area contributed by atoms with E-state index in [1.807, 2.05) is 134 Å². The third-order valence-corrected chi connectivity index (χ3v) is 12.4. The predicted octanol–water partition coefficient (Wildman–Crippen LogP) is 7.78. The normalized spacial score (nSPS) is 13.8. The van der Waals surface area contributed by atoms with Gasteiger partial charge >= 0.3 is 11.9 Å². The van der Waals surface area contributed by atoms with Gasteiger partial charge in [-0.1, -0.05) is 66.7 Å². The van der Waals surface area contributed by atoms with Gasteiger partial charge in [0.1, 0.15) is 0 Å². The van der Waals surface area contributed by atoms with Gasteiger partial charge in [-0.25, -0.2) is 9.59 Å². The van der Waals surface area contributed by atoms with Gasteiger partial charge in [-0.2, -0.15) is 0 Å². The Hall–Kier alpha value is -7.87. The molecule has 13 heteroatoms. The fourth-order valence-electron chi connectivity index (χ4n) is 8.90. The van der Waals surface area contributed by atoms with Crippen LogP contribution in [0.2, 0.25) is 0 Å². The van der Waals surface area contributed by atoms with Crippen molar-refractivity contribution in [1.82, 2.24) is 20.3 Å². The van der Waals surface area contributed by atoms with Gasteiger partial charge in [0.15, 0.2) is 0 Å². The number of nitrogens with two attached hydrogens (primary N) is 1. The van der Waals surface area contributed by atoms with Crippen molar-refractivity contribution < 1.29 is 28.7 Å². The van der Waals surface area contributed by atoms with Gasteiger partial charge in [0.05, 0.1) is 43.1 Å². The van der Waals surface area contributed by atoms with E-state index in [0.717, 1.165) is 61.6 Å². The van der Waals surface area contributed by atoms with Crippen LogP contribution in [0, 0.1) is 0 Å². The molecule has 5 heterocycles. The summed E-state index contributed by atoms with van der Waals surface area (Å²) in [5.74, 6) is -1.02. The maximum absolute atomic E-state index is 14.2. The number of esters is 2. The number of amides is 2. The first-order valence-corrected chi connectivity index (χ1v) is 22.6. The zero-order valence-corrected chi connectivity index (χ0v) is 38.2. The Labute approximate surface area is 396 Å². The Bertz CT molecular complexity index is 2870. The highest BCUT2D eigenvalue weighted by Gasteiger charge is 2.35. The fraction of sp³-hybridized carbons (Fsp3) is 0.218. The smallest absolute Gasteiger partial charge is 0.338 e. The molecule has 0 spiro atoms. The molecule has 13 nitrogen and oxygen atoms in total. The van der Waals surface area contributed by atoms with Crippen molar-refractivity contribution in [3.8, 4) is 22.3 Å². The van der Waals surface area contributed by atoms with Gasteiger partial charge in [-0.3, -0.25) is 29.9 Å². The number of anilines is 2. The monoisotopic (exact) mass is 907 g/mol. The van der Waals surface area contributed by atoms with Crippen molar-refractivity contribution in [3.05, 3.63) is 197 Å². The second-order valence-corrected chi connectivity index (χ2v) is 16.7. The van der Waals surface area contributed by atoms with Gasteiger partial charge in [-0.15, -0.1) is 0 Å². The first-order valence-electron chi connectivity index (χ1n) is 22.6. The summed E-state index contributed by atoms with van der Waals surface area (Å²) < 4.78 is 10.1. The first-order chi connectivity index (χ1) is 33.1. The number of fused-ring (bicyclic) bond motifs is 2. The van der Waals surface area contributed by atoms with E-state index in [0.29, 0.717) is 49.9 Å². The van der Waals surface area contributed by atoms with E-state index in [2.05, 4.69) is 20.3 Å². The minimum Gasteiger partial charge on any atom is -0.465 e. The highest BCUT2D eigenvalue weighted by atomic mass is 16.5. The number of nitrogens with one attached hydrogen (secondary N) is 1. The molecule has 0 unspecified atom stereocenters. The molecule has 3 N–H and O–H groups in total. The van der Waals surface area contributed by atoms with Crippen molar-refractivity contribution in [2.75, 3.05) is 37.1 Å². The van der Waals surface area contributed by atoms with Crippen LogP contribution in [0.1, 0.15) is 61.6 Å². The molecule has 2 amide bonds. The van der Waals surface area contributed by atoms with E-state index >= 15 is 0 Å². The largest absolute Gasteiger partial charge is 0.465 e. The number of pyridine rings is 3. The number of rotatable bonds is 13. The van der Waals surface area contributed by atoms with E-state index < -0.39 is 24.0 Å². The minimum atomic E-state index is -0.662. The summed E-state index contributed by atoms with van der Waals surface area (Å²) in [6, 6.07) is 39.3. The second kappa shape index (κ2) is 21.6. The lowest BCUT2D eigenvalue weighted by Crippen LogP contribution is -2.48. The maximum atomic E-state index is 14.2. The van der Waals surface area contributed by atoms with Crippen LogP contribution in [0.3, 0.4) is 0 Å². The number of aromatic nitrogens is 3. The lowest BCUT2D eigenvalue weighted by atomic mass is 9.97. The van der Waals surface area contributed by atoms with Gasteiger partial charge in [0.2, 0.25) is 11.8 Å². The van der Waals surface area contributed by atoms with Crippen molar-refractivity contribution >= 4 is 35.1 Å². The van der Waals surface area contributed by atoms with Crippen LogP contribution in [0.15, 0.2) is 158 Å². The molecule has 2 aliphatic rings. The molecule has 3 aromatic heterocycles. The zero-order chi connectivity index (χ0) is 47.6. The second-order valence-electron chi connectivity index (χ2n) is 16.7. The molecular formula is C55H53N7O6. The molecule has 3 atom stereocenters. The molecule has 2 aliphatic heterocycles. The molecule has 0 saturated heterocycles. The molecule has 0 radical (unpaired) electrons. The molecular weight excluding hydrogens is 855 g/mol. The summed E-state index contributed by atoms with van der Waals surface area (Å²) in [5, 5.41) is 3.53. The van der Waals surface area contributed by atoms with Crippen LogP contribution in [-0.4, -0.2) is 78.1 Å². The van der Waals surface area contributed by atoms with Crippen LogP contribution >= 0.6 is 0 Å². The quantitative estimate of drug-likeness (QED) is 0.108. The summed E-state index contributed by atoms with van der Waals surface area (Å²) in [6.07, 6.45) is 10.7. The first kappa shape index (κ1) is 46.7. The zero-order valence-electron chi connectivity index (χ0n) is 38.2. The summed E-state index contributed by atoms with van der Waals surface area (Å²) >= 11 is 0. The van der Waals surface area contributed by atoms with Gasteiger partial charge < -0.3 is 25.0 Å². The molecule has 9 rings (SSSR count). The average molecular weight is 908 g/mol.